The maximum Gasteiger partial charge on any atom is 0.530 e. The zero-order valence-corrected chi connectivity index (χ0v) is 35.2. The Morgan fingerprint density at radius 1 is 0.965 bits per heavy atom. The van der Waals surface area contributed by atoms with Gasteiger partial charge in [-0.15, -0.1) is 0 Å². The number of nitrogens with two attached hydrogens (primary N) is 1. The highest BCUT2D eigenvalue weighted by atomic mass is 31.2. The van der Waals surface area contributed by atoms with E-state index in [0.717, 1.165) is 64.2 Å². The van der Waals surface area contributed by atoms with Gasteiger partial charge in [-0.3, -0.25) is 23.4 Å². The van der Waals surface area contributed by atoms with Crippen LogP contribution in [0.4, 0.5) is 0 Å². The van der Waals surface area contributed by atoms with E-state index in [9.17, 15) is 34.3 Å². The zero-order valence-electron chi connectivity index (χ0n) is 34.3. The number of aliphatic hydroxyl groups excluding tert-OH is 3. The first-order valence-electron chi connectivity index (χ1n) is 21.3. The average Bonchev–Trinajstić information content (AvgIpc) is 3.51. The van der Waals surface area contributed by atoms with Gasteiger partial charge in [0.25, 0.3) is 0 Å². The number of carbonyl (C=O) groups is 3. The maximum atomic E-state index is 13.5. The predicted molar refractivity (Wildman–Crippen MR) is 212 cm³/mol. The molecule has 3 fully saturated rings. The Kier molecular flexibility index (Phi) is 16.4. The number of primary amides is 1. The first-order valence-corrected chi connectivity index (χ1v) is 22.8. The molecule has 57 heavy (non-hydrogen) atoms. The molecule has 2 amide bonds. The van der Waals surface area contributed by atoms with Crippen LogP contribution in [0.5, 0.6) is 5.75 Å². The van der Waals surface area contributed by atoms with E-state index < -0.39 is 62.0 Å². The second-order valence-corrected chi connectivity index (χ2v) is 18.5. The van der Waals surface area contributed by atoms with E-state index in [4.69, 9.17) is 28.8 Å². The molecule has 6 N–H and O–H groups in total. The van der Waals surface area contributed by atoms with Crippen LogP contribution in [-0.4, -0.2) is 90.0 Å². The fourth-order valence-corrected chi connectivity index (χ4v) is 11.2. The molecule has 4 aliphatic carbocycles. The molecule has 11 atom stereocenters. The van der Waals surface area contributed by atoms with Crippen LogP contribution in [0.15, 0.2) is 18.2 Å². The number of esters is 1. The Bertz CT molecular complexity index is 1550. The number of unbranched alkanes of at least 4 members (excludes halogenated alkanes) is 2. The van der Waals surface area contributed by atoms with Crippen molar-refractivity contribution in [3.8, 4) is 5.75 Å². The smallest absolute Gasteiger partial charge is 0.462 e. The van der Waals surface area contributed by atoms with E-state index in [1.807, 2.05) is 26.0 Å². The first-order chi connectivity index (χ1) is 27.2. The van der Waals surface area contributed by atoms with Gasteiger partial charge < -0.3 is 40.4 Å². The molecule has 0 saturated heterocycles. The van der Waals surface area contributed by atoms with Crippen molar-refractivity contribution in [1.29, 1.82) is 0 Å². The van der Waals surface area contributed by atoms with Gasteiger partial charge >= 0.3 is 13.8 Å². The minimum atomic E-state index is -3.75. The van der Waals surface area contributed by atoms with E-state index >= 15 is 0 Å². The summed E-state index contributed by atoms with van der Waals surface area (Å²) in [5.41, 5.74) is 7.81. The largest absolute Gasteiger partial charge is 0.530 e. The number of carbonyl (C=O) groups excluding carboxylic acids is 3. The van der Waals surface area contributed by atoms with Gasteiger partial charge in [0.1, 0.15) is 11.9 Å². The van der Waals surface area contributed by atoms with Gasteiger partial charge in [0.15, 0.2) is 0 Å². The Balaban J connectivity index is 1.08. The summed E-state index contributed by atoms with van der Waals surface area (Å²) < 4.78 is 42.1. The highest BCUT2D eigenvalue weighted by Crippen LogP contribution is 2.62. The third kappa shape index (κ3) is 11.2. The number of aryl methyl sites for hydroxylation is 1. The number of hydrogen-bond acceptors (Lipinski definition) is 12. The number of methoxy groups -OCH3 is 1. The molecule has 4 aliphatic rings. The fraction of sp³-hybridized carbons (Fsp3) is 0.786. The summed E-state index contributed by atoms with van der Waals surface area (Å²) in [5, 5.41) is 34.6. The average molecular weight is 823 g/mol. The summed E-state index contributed by atoms with van der Waals surface area (Å²) in [7, 11) is -2.31. The van der Waals surface area contributed by atoms with E-state index in [0.29, 0.717) is 49.6 Å². The summed E-state index contributed by atoms with van der Waals surface area (Å²) in [4.78, 5) is 37.6. The Morgan fingerprint density at radius 2 is 1.65 bits per heavy atom. The van der Waals surface area contributed by atoms with Crippen molar-refractivity contribution in [2.75, 3.05) is 20.3 Å². The minimum Gasteiger partial charge on any atom is -0.462 e. The highest BCUT2D eigenvalue weighted by Gasteiger charge is 2.56. The van der Waals surface area contributed by atoms with Crippen molar-refractivity contribution in [1.82, 2.24) is 5.32 Å². The first kappa shape index (κ1) is 45.5. The molecule has 14 nitrogen and oxygen atoms in total. The molecule has 1 aromatic carbocycles. The lowest BCUT2D eigenvalue weighted by molar-refractivity contribution is -0.158. The molecule has 5 rings (SSSR count). The lowest BCUT2D eigenvalue weighted by Gasteiger charge is -2.50. The highest BCUT2D eigenvalue weighted by molar-refractivity contribution is 7.48. The van der Waals surface area contributed by atoms with Gasteiger partial charge in [0, 0.05) is 25.4 Å². The van der Waals surface area contributed by atoms with Crippen molar-refractivity contribution in [3.05, 3.63) is 29.3 Å². The van der Waals surface area contributed by atoms with Crippen LogP contribution in [-0.2, 0) is 43.9 Å². The standard InChI is InChI=1S/C42H67N2O12P/c1-5-7-23-53-57(51,54-24-8-6-2)56-27-10-12-28-26(25-27)9-11-30-29(28)21-22-42(3)31(30)13-18-36(42)55-38(48)20-16-34(46)33(45)15-19-37(47)44-32-14-17-35(52-4)39(40(32)49)41(43)50/h10,12,25,29-36,39-40,45-46,49H,5-9,11,13-24H2,1-4H3,(H2,43,50)(H,44,47). The number of nitrogens with one attached hydrogen (secondary N) is 1. The summed E-state index contributed by atoms with van der Waals surface area (Å²) in [5.74, 6) is -0.771. The molecule has 15 heteroatoms. The lowest BCUT2D eigenvalue weighted by Crippen LogP contribution is -2.57. The topological polar surface area (TPSA) is 213 Å². The fourth-order valence-electron chi connectivity index (χ4n) is 9.99. The second-order valence-electron chi connectivity index (χ2n) is 16.9. The zero-order chi connectivity index (χ0) is 41.3. The SMILES string of the molecule is CCCCOP(=O)(OCCCC)Oc1ccc2c(c1)CCC1C2CCC2(C)C(OC(=O)CCC(O)C(O)CCC(=O)NC3CCC(OC)C(C(N)=O)C3O)CCC12. The van der Waals surface area contributed by atoms with Gasteiger partial charge in [-0.2, -0.15) is 0 Å². The lowest BCUT2D eigenvalue weighted by atomic mass is 9.55. The molecular weight excluding hydrogens is 755 g/mol. The van der Waals surface area contributed by atoms with E-state index in [1.54, 1.807) is 0 Å². The van der Waals surface area contributed by atoms with Gasteiger partial charge in [-0.1, -0.05) is 39.7 Å². The van der Waals surface area contributed by atoms with Crippen LogP contribution in [0.25, 0.3) is 0 Å². The van der Waals surface area contributed by atoms with Crippen molar-refractivity contribution in [2.45, 2.75) is 166 Å². The quantitative estimate of drug-likeness (QED) is 0.0582. The molecule has 0 heterocycles. The van der Waals surface area contributed by atoms with Crippen LogP contribution in [0.3, 0.4) is 0 Å². The van der Waals surface area contributed by atoms with E-state index in [2.05, 4.69) is 18.3 Å². The number of phosphoric ester groups is 1. The monoisotopic (exact) mass is 822 g/mol. The molecule has 0 aromatic heterocycles. The number of hydrogen-bond donors (Lipinski definition) is 5. The molecule has 11 unspecified atom stereocenters. The van der Waals surface area contributed by atoms with Crippen molar-refractivity contribution < 1.29 is 57.3 Å². The van der Waals surface area contributed by atoms with Gasteiger partial charge in [0.2, 0.25) is 11.8 Å². The summed E-state index contributed by atoms with van der Waals surface area (Å²) >= 11 is 0. The number of phosphoric acid groups is 1. The van der Waals surface area contributed by atoms with E-state index in [1.165, 1.54) is 18.2 Å². The van der Waals surface area contributed by atoms with Crippen LogP contribution >= 0.6 is 7.82 Å². The van der Waals surface area contributed by atoms with Crippen molar-refractivity contribution in [2.24, 2.45) is 28.9 Å². The van der Waals surface area contributed by atoms with E-state index in [-0.39, 0.29) is 37.2 Å². The Hall–Kier alpha value is -2.58. The summed E-state index contributed by atoms with van der Waals surface area (Å²) in [6.07, 6.45) is 5.05. The minimum absolute atomic E-state index is 0.00705. The molecule has 0 spiro atoms. The molecule has 1 aromatic rings. The third-order valence-corrected chi connectivity index (χ3v) is 14.7. The molecular formula is C42H67N2O12P. The van der Waals surface area contributed by atoms with Crippen LogP contribution < -0.4 is 15.6 Å². The van der Waals surface area contributed by atoms with Gasteiger partial charge in [-0.25, -0.2) is 4.57 Å². The summed E-state index contributed by atoms with van der Waals surface area (Å²) in [6.45, 7) is 6.96. The Morgan fingerprint density at radius 3 is 2.30 bits per heavy atom. The van der Waals surface area contributed by atoms with Crippen LogP contribution in [0.1, 0.15) is 134 Å². The molecule has 322 valence electrons. The maximum absolute atomic E-state index is 13.5. The number of rotatable bonds is 21. The third-order valence-electron chi connectivity index (χ3n) is 13.3. The number of aliphatic hydroxyl groups is 3. The molecule has 0 bridgehead atoms. The van der Waals surface area contributed by atoms with Crippen LogP contribution in [0.2, 0.25) is 0 Å². The second kappa shape index (κ2) is 20.6. The molecule has 3 saturated carbocycles. The van der Waals surface area contributed by atoms with Crippen molar-refractivity contribution >= 4 is 25.6 Å². The van der Waals surface area contributed by atoms with Crippen molar-refractivity contribution in [3.63, 3.8) is 0 Å². The van der Waals surface area contributed by atoms with Gasteiger partial charge in [0.05, 0.1) is 49.6 Å². The number of ether oxygens (including phenoxy) is 2. The Labute approximate surface area is 337 Å². The van der Waals surface area contributed by atoms with Crippen LogP contribution in [0, 0.1) is 23.2 Å². The normalized spacial score (nSPS) is 30.6. The number of amides is 2. The predicted octanol–water partition coefficient (Wildman–Crippen LogP) is 5.61. The number of benzene rings is 1. The molecule has 0 aliphatic heterocycles. The summed E-state index contributed by atoms with van der Waals surface area (Å²) in [6, 6.07) is 5.31. The van der Waals surface area contributed by atoms with Gasteiger partial charge in [-0.05, 0) is 118 Å². The molecule has 0 radical (unpaired) electrons. The number of fused-ring (bicyclic) bond motifs is 5.